The number of hydrogen-bond acceptors (Lipinski definition) is 8. The molecule has 0 aliphatic carbocycles. The predicted octanol–water partition coefficient (Wildman–Crippen LogP) is 4.90. The molecular weight excluding hydrogens is 452 g/mol. The number of aromatic nitrogens is 2. The third-order valence-electron chi connectivity index (χ3n) is 4.34. The molecule has 0 atom stereocenters. The van der Waals surface area contributed by atoms with Gasteiger partial charge in [0, 0.05) is 11.4 Å². The molecule has 0 bridgehead atoms. The normalized spacial score (nSPS) is 10.5. The van der Waals surface area contributed by atoms with Crippen LogP contribution in [0, 0.1) is 13.8 Å². The van der Waals surface area contributed by atoms with E-state index in [1.54, 1.807) is 24.9 Å². The number of thioether (sulfide) groups is 2. The van der Waals surface area contributed by atoms with E-state index in [1.165, 1.54) is 23.1 Å². The predicted molar refractivity (Wildman–Crippen MR) is 126 cm³/mol. The largest absolute Gasteiger partial charge is 0.497 e. The van der Waals surface area contributed by atoms with Gasteiger partial charge in [-0.15, -0.1) is 10.2 Å². The molecule has 0 radical (unpaired) electrons. The number of carbonyl (C=O) groups excluding carboxylic acids is 2. The van der Waals surface area contributed by atoms with E-state index in [9.17, 15) is 9.59 Å². The Bertz CT molecular complexity index is 1050. The van der Waals surface area contributed by atoms with Crippen molar-refractivity contribution in [3.63, 3.8) is 0 Å². The first-order chi connectivity index (χ1) is 14.9. The molecule has 3 aromatic rings. The van der Waals surface area contributed by atoms with E-state index in [0.29, 0.717) is 10.0 Å². The van der Waals surface area contributed by atoms with Crippen LogP contribution >= 0.6 is 34.9 Å². The van der Waals surface area contributed by atoms with Crippen LogP contribution in [0.4, 0.5) is 10.5 Å². The zero-order valence-electron chi connectivity index (χ0n) is 17.3. The van der Waals surface area contributed by atoms with Crippen LogP contribution < -0.4 is 15.4 Å². The number of rotatable bonds is 8. The van der Waals surface area contributed by atoms with Gasteiger partial charge < -0.3 is 10.1 Å². The third kappa shape index (κ3) is 6.98. The summed E-state index contributed by atoms with van der Waals surface area (Å²) in [5.74, 6) is 1.28. The molecule has 0 spiro atoms. The minimum Gasteiger partial charge on any atom is -0.497 e. The third-order valence-corrected chi connectivity index (χ3v) is 7.60. The summed E-state index contributed by atoms with van der Waals surface area (Å²) in [7, 11) is 1.64. The number of imide groups is 1. The summed E-state index contributed by atoms with van der Waals surface area (Å²) >= 11 is 4.26. The first-order valence-electron chi connectivity index (χ1n) is 9.33. The van der Waals surface area contributed by atoms with E-state index in [1.807, 2.05) is 50.2 Å². The van der Waals surface area contributed by atoms with Crippen LogP contribution in [0.25, 0.3) is 0 Å². The zero-order valence-corrected chi connectivity index (χ0v) is 19.7. The van der Waals surface area contributed by atoms with E-state index in [2.05, 4.69) is 20.8 Å². The topological polar surface area (TPSA) is 93.2 Å². The van der Waals surface area contributed by atoms with Crippen molar-refractivity contribution < 1.29 is 14.3 Å². The van der Waals surface area contributed by atoms with Crippen LogP contribution in [0.1, 0.15) is 16.7 Å². The molecule has 3 rings (SSSR count). The number of methoxy groups -OCH3 is 1. The summed E-state index contributed by atoms with van der Waals surface area (Å²) in [6, 6.07) is 12.9. The molecular formula is C21H22N4O3S3. The van der Waals surface area contributed by atoms with Crippen LogP contribution in [0.3, 0.4) is 0 Å². The van der Waals surface area contributed by atoms with Gasteiger partial charge in [-0.2, -0.15) is 0 Å². The van der Waals surface area contributed by atoms with Crippen molar-refractivity contribution in [3.8, 4) is 5.75 Å². The second-order valence-electron chi connectivity index (χ2n) is 6.51. The lowest BCUT2D eigenvalue weighted by atomic mass is 10.1. The maximum atomic E-state index is 12.1. The minimum absolute atomic E-state index is 0.0813. The standard InChI is InChI=1S/C21H22N4O3S3/c1-13-5-4-6-17(14(13)2)22-19(27)23-18(26)12-30-21-25-24-20(31-21)29-11-15-7-9-16(28-3)10-8-15/h4-10H,11-12H2,1-3H3,(H2,22,23,26,27). The van der Waals surface area contributed by atoms with Gasteiger partial charge in [-0.1, -0.05) is 59.1 Å². The highest BCUT2D eigenvalue weighted by molar-refractivity contribution is 8.03. The maximum Gasteiger partial charge on any atom is 0.325 e. The lowest BCUT2D eigenvalue weighted by molar-refractivity contribution is -0.117. The molecule has 0 aliphatic heterocycles. The van der Waals surface area contributed by atoms with Crippen molar-refractivity contribution in [1.29, 1.82) is 0 Å². The molecule has 162 valence electrons. The second kappa shape index (κ2) is 11.2. The number of hydrogen-bond donors (Lipinski definition) is 2. The van der Waals surface area contributed by atoms with Crippen molar-refractivity contribution in [1.82, 2.24) is 15.5 Å². The molecule has 7 nitrogen and oxygen atoms in total. The second-order valence-corrected chi connectivity index (χ2v) is 9.93. The molecule has 1 aromatic heterocycles. The maximum absolute atomic E-state index is 12.1. The molecule has 3 amide bonds. The van der Waals surface area contributed by atoms with Crippen molar-refractivity contribution >= 4 is 52.5 Å². The molecule has 2 aromatic carbocycles. The van der Waals surface area contributed by atoms with Crippen LogP contribution in [-0.4, -0.2) is 35.0 Å². The summed E-state index contributed by atoms with van der Waals surface area (Å²) in [4.78, 5) is 24.2. The van der Waals surface area contributed by atoms with E-state index >= 15 is 0 Å². The number of amides is 3. The summed E-state index contributed by atoms with van der Waals surface area (Å²) in [6.45, 7) is 3.88. The van der Waals surface area contributed by atoms with Crippen LogP contribution in [0.2, 0.25) is 0 Å². The highest BCUT2D eigenvalue weighted by atomic mass is 32.2. The number of nitrogens with zero attached hydrogens (tertiary/aromatic N) is 2. The Hall–Kier alpha value is -2.56. The fraction of sp³-hybridized carbons (Fsp3) is 0.238. The Morgan fingerprint density at radius 1 is 1.03 bits per heavy atom. The van der Waals surface area contributed by atoms with Gasteiger partial charge in [0.2, 0.25) is 5.91 Å². The number of aryl methyl sites for hydroxylation is 1. The molecule has 31 heavy (non-hydrogen) atoms. The highest BCUT2D eigenvalue weighted by Crippen LogP contribution is 2.31. The summed E-state index contributed by atoms with van der Waals surface area (Å²) < 4.78 is 6.67. The number of anilines is 1. The average Bonchev–Trinajstić information content (AvgIpc) is 3.22. The van der Waals surface area contributed by atoms with Gasteiger partial charge in [-0.3, -0.25) is 10.1 Å². The number of urea groups is 1. The fourth-order valence-electron chi connectivity index (χ4n) is 2.51. The molecule has 0 saturated carbocycles. The number of carbonyl (C=O) groups is 2. The highest BCUT2D eigenvalue weighted by Gasteiger charge is 2.12. The quantitative estimate of drug-likeness (QED) is 0.449. The van der Waals surface area contributed by atoms with Gasteiger partial charge in [0.05, 0.1) is 12.9 Å². The van der Waals surface area contributed by atoms with Gasteiger partial charge in [-0.25, -0.2) is 4.79 Å². The Balaban J connectivity index is 1.42. The van der Waals surface area contributed by atoms with E-state index in [0.717, 1.165) is 32.5 Å². The average molecular weight is 475 g/mol. The van der Waals surface area contributed by atoms with E-state index in [-0.39, 0.29) is 5.75 Å². The van der Waals surface area contributed by atoms with Crippen molar-refractivity contribution in [2.45, 2.75) is 28.3 Å². The fourth-order valence-corrected chi connectivity index (χ4v) is 5.29. The van der Waals surface area contributed by atoms with E-state index < -0.39 is 11.9 Å². The number of ether oxygens (including phenoxy) is 1. The SMILES string of the molecule is COc1ccc(CSc2nnc(SCC(=O)NC(=O)Nc3cccc(C)c3C)s2)cc1. The molecule has 10 heteroatoms. The van der Waals surface area contributed by atoms with Crippen molar-refractivity contribution in [2.24, 2.45) is 0 Å². The van der Waals surface area contributed by atoms with Crippen molar-refractivity contribution in [3.05, 3.63) is 59.2 Å². The smallest absolute Gasteiger partial charge is 0.325 e. The molecule has 0 aliphatic rings. The van der Waals surface area contributed by atoms with Gasteiger partial charge >= 0.3 is 6.03 Å². The lowest BCUT2D eigenvalue weighted by Crippen LogP contribution is -2.35. The Labute approximate surface area is 193 Å². The van der Waals surface area contributed by atoms with Crippen LogP contribution in [0.15, 0.2) is 51.1 Å². The Morgan fingerprint density at radius 3 is 2.45 bits per heavy atom. The van der Waals surface area contributed by atoms with Gasteiger partial charge in [0.25, 0.3) is 0 Å². The first kappa shape index (κ1) is 23.1. The molecule has 0 unspecified atom stereocenters. The minimum atomic E-state index is -0.549. The van der Waals surface area contributed by atoms with Gasteiger partial charge in [0.1, 0.15) is 5.75 Å². The molecule has 2 N–H and O–H groups in total. The lowest BCUT2D eigenvalue weighted by Gasteiger charge is -2.10. The molecule has 0 fully saturated rings. The summed E-state index contributed by atoms with van der Waals surface area (Å²) in [6.07, 6.45) is 0. The van der Waals surface area contributed by atoms with Gasteiger partial charge in [0.15, 0.2) is 8.68 Å². The number of nitrogens with one attached hydrogen (secondary N) is 2. The summed E-state index contributed by atoms with van der Waals surface area (Å²) in [5.41, 5.74) is 3.87. The van der Waals surface area contributed by atoms with Crippen molar-refractivity contribution in [2.75, 3.05) is 18.2 Å². The monoisotopic (exact) mass is 474 g/mol. The molecule has 1 heterocycles. The first-order valence-corrected chi connectivity index (χ1v) is 12.1. The molecule has 0 saturated heterocycles. The Kier molecular flexibility index (Phi) is 8.33. The number of benzene rings is 2. The Morgan fingerprint density at radius 2 is 1.74 bits per heavy atom. The van der Waals surface area contributed by atoms with Gasteiger partial charge in [-0.05, 0) is 48.7 Å². The van der Waals surface area contributed by atoms with Crippen LogP contribution in [-0.2, 0) is 10.5 Å². The van der Waals surface area contributed by atoms with Crippen LogP contribution in [0.5, 0.6) is 5.75 Å². The van der Waals surface area contributed by atoms with E-state index in [4.69, 9.17) is 4.74 Å². The summed E-state index contributed by atoms with van der Waals surface area (Å²) in [5, 5.41) is 13.3. The zero-order chi connectivity index (χ0) is 22.2.